The third-order valence-corrected chi connectivity index (χ3v) is 4.66. The van der Waals surface area contributed by atoms with E-state index in [9.17, 15) is 0 Å². The van der Waals surface area contributed by atoms with Crippen LogP contribution in [0.3, 0.4) is 0 Å². The van der Waals surface area contributed by atoms with E-state index in [0.29, 0.717) is 21.9 Å². The average Bonchev–Trinajstić information content (AvgIpc) is 2.44. The summed E-state index contributed by atoms with van der Waals surface area (Å²) in [6.07, 6.45) is 3.23. The van der Waals surface area contributed by atoms with Gasteiger partial charge in [-0.3, -0.25) is 0 Å². The summed E-state index contributed by atoms with van der Waals surface area (Å²) in [6, 6.07) is 8.22. The second-order valence-corrected chi connectivity index (χ2v) is 5.75. The van der Waals surface area contributed by atoms with Crippen LogP contribution in [0.4, 0.5) is 0 Å². The van der Waals surface area contributed by atoms with Gasteiger partial charge in [0.1, 0.15) is 0 Å². The fourth-order valence-corrected chi connectivity index (χ4v) is 2.89. The van der Waals surface area contributed by atoms with Gasteiger partial charge in [-0.2, -0.15) is 0 Å². The summed E-state index contributed by atoms with van der Waals surface area (Å²) >= 11 is 0. The van der Waals surface area contributed by atoms with Crippen LogP contribution in [-0.4, -0.2) is 22.5 Å². The van der Waals surface area contributed by atoms with Crippen molar-refractivity contribution in [2.45, 2.75) is 45.4 Å². The first-order valence-electron chi connectivity index (χ1n) is 6.92. The van der Waals surface area contributed by atoms with Crippen molar-refractivity contribution in [3.63, 3.8) is 0 Å². The Morgan fingerprint density at radius 2 is 2.05 bits per heavy atom. The third-order valence-electron chi connectivity index (χ3n) is 3.17. The Hall–Kier alpha value is -0.903. The molecule has 0 spiro atoms. The molecule has 1 aromatic rings. The van der Waals surface area contributed by atoms with Crippen molar-refractivity contribution in [1.82, 2.24) is 0 Å². The summed E-state index contributed by atoms with van der Waals surface area (Å²) in [6.45, 7) is 11.6. The van der Waals surface area contributed by atoms with Crippen LogP contribution in [0.2, 0.25) is 5.54 Å². The van der Waals surface area contributed by atoms with Crippen molar-refractivity contribution in [2.24, 2.45) is 0 Å². The maximum absolute atomic E-state index is 5.88. The van der Waals surface area contributed by atoms with Gasteiger partial charge in [-0.25, -0.2) is 0 Å². The lowest BCUT2D eigenvalue weighted by Gasteiger charge is -2.21. The van der Waals surface area contributed by atoms with E-state index in [1.54, 1.807) is 0 Å². The van der Waals surface area contributed by atoms with E-state index in [0.717, 1.165) is 18.6 Å². The molecule has 0 aromatic heterocycles. The van der Waals surface area contributed by atoms with Crippen LogP contribution in [0.25, 0.3) is 6.08 Å². The zero-order valence-corrected chi connectivity index (χ0v) is 13.2. The Labute approximate surface area is 119 Å². The quantitative estimate of drug-likeness (QED) is 0.632. The van der Waals surface area contributed by atoms with Crippen LogP contribution in [0.15, 0.2) is 30.8 Å². The smallest absolute Gasteiger partial charge is 0.236 e. The van der Waals surface area contributed by atoms with Crippen molar-refractivity contribution in [2.75, 3.05) is 6.61 Å². The highest BCUT2D eigenvalue weighted by Gasteiger charge is 2.17. The zero-order chi connectivity index (χ0) is 14.1. The van der Waals surface area contributed by atoms with E-state index < -0.39 is 0 Å². The van der Waals surface area contributed by atoms with Crippen LogP contribution >= 0.6 is 0 Å². The molecule has 1 aromatic carbocycles. The highest BCUT2D eigenvalue weighted by Crippen LogP contribution is 2.19. The summed E-state index contributed by atoms with van der Waals surface area (Å²) in [5, 5.41) is 0. The molecule has 0 saturated carbocycles. The summed E-state index contributed by atoms with van der Waals surface area (Å²) in [4.78, 5) is 0. The second kappa shape index (κ2) is 9.07. The summed E-state index contributed by atoms with van der Waals surface area (Å²) in [5.41, 5.74) is 2.83. The number of ether oxygens (including phenoxy) is 1. The van der Waals surface area contributed by atoms with Crippen molar-refractivity contribution in [3.05, 3.63) is 42.0 Å². The zero-order valence-electron chi connectivity index (χ0n) is 12.2. The third kappa shape index (κ3) is 5.31. The van der Waals surface area contributed by atoms with Crippen molar-refractivity contribution in [1.29, 1.82) is 0 Å². The predicted molar refractivity (Wildman–Crippen MR) is 82.2 cm³/mol. The number of hydrogen-bond donors (Lipinski definition) is 0. The van der Waals surface area contributed by atoms with Gasteiger partial charge in [-0.15, -0.1) is 0 Å². The van der Waals surface area contributed by atoms with Gasteiger partial charge in [0.2, 0.25) is 9.76 Å². The van der Waals surface area contributed by atoms with Gasteiger partial charge in [0, 0.05) is 12.1 Å². The molecule has 0 aliphatic carbocycles. The van der Waals surface area contributed by atoms with Gasteiger partial charge >= 0.3 is 0 Å². The lowest BCUT2D eigenvalue weighted by atomic mass is 10.1. The van der Waals surface area contributed by atoms with Crippen LogP contribution in [0.1, 0.15) is 38.3 Å². The van der Waals surface area contributed by atoms with Gasteiger partial charge in [0.25, 0.3) is 0 Å². The fraction of sp³-hybridized carbons (Fsp3) is 0.500. The molecular weight excluding hydrogens is 252 g/mol. The van der Waals surface area contributed by atoms with Gasteiger partial charge < -0.3 is 9.16 Å². The van der Waals surface area contributed by atoms with E-state index >= 15 is 0 Å². The highest BCUT2D eigenvalue weighted by molar-refractivity contribution is 6.29. The number of rotatable bonds is 9. The molecule has 2 radical (unpaired) electrons. The molecule has 2 unspecified atom stereocenters. The number of hydrogen-bond acceptors (Lipinski definition) is 2. The molecule has 0 saturated heterocycles. The van der Waals surface area contributed by atoms with E-state index in [2.05, 4.69) is 32.6 Å². The predicted octanol–water partition coefficient (Wildman–Crippen LogP) is 4.09. The summed E-state index contributed by atoms with van der Waals surface area (Å²) in [5.74, 6) is 0. The van der Waals surface area contributed by atoms with Crippen LogP contribution < -0.4 is 0 Å². The van der Waals surface area contributed by atoms with Crippen molar-refractivity contribution < 1.29 is 9.16 Å². The molecule has 19 heavy (non-hydrogen) atoms. The molecule has 0 heterocycles. The maximum atomic E-state index is 5.88. The molecule has 104 valence electrons. The molecular formula is C16H24O2Si. The minimum absolute atomic E-state index is 0.267. The average molecular weight is 276 g/mol. The first kappa shape index (κ1) is 16.2. The van der Waals surface area contributed by atoms with E-state index in [4.69, 9.17) is 9.16 Å². The largest absolute Gasteiger partial charge is 0.413 e. The number of benzene rings is 1. The molecule has 1 rings (SSSR count). The van der Waals surface area contributed by atoms with Crippen LogP contribution in [-0.2, 0) is 15.8 Å². The molecule has 0 fully saturated rings. The molecule has 0 aliphatic rings. The first-order chi connectivity index (χ1) is 9.22. The molecule has 0 N–H and O–H groups in total. The van der Waals surface area contributed by atoms with E-state index in [1.807, 2.05) is 25.1 Å². The molecule has 2 atom stereocenters. The van der Waals surface area contributed by atoms with Crippen molar-refractivity contribution >= 4 is 15.8 Å². The van der Waals surface area contributed by atoms with Gasteiger partial charge in [-0.1, -0.05) is 50.3 Å². The molecule has 2 nitrogen and oxygen atoms in total. The van der Waals surface area contributed by atoms with Crippen LogP contribution in [0.5, 0.6) is 0 Å². The Kier molecular flexibility index (Phi) is 7.71. The van der Waals surface area contributed by atoms with E-state index in [1.165, 1.54) is 5.56 Å². The lowest BCUT2D eigenvalue weighted by molar-refractivity contribution is 0.0662. The molecule has 0 aliphatic heterocycles. The maximum Gasteiger partial charge on any atom is 0.236 e. The molecule has 3 heteroatoms. The van der Waals surface area contributed by atoms with Crippen molar-refractivity contribution in [3.8, 4) is 0 Å². The first-order valence-corrected chi connectivity index (χ1v) is 7.90. The fourth-order valence-electron chi connectivity index (χ4n) is 1.98. The SMILES string of the molecule is C=Cc1ccccc1CO[Si]C(CC)C(C)OCC. The standard InChI is InChI=1S/C16H24O2Si/c1-5-14-10-8-9-11-15(14)12-18-19-16(6-2)13(4)17-7-3/h5,8-11,13,16H,1,6-7,12H2,2-4H3. The lowest BCUT2D eigenvalue weighted by Crippen LogP contribution is -2.22. The van der Waals surface area contributed by atoms with Crippen LogP contribution in [0, 0.1) is 0 Å². The van der Waals surface area contributed by atoms with Gasteiger partial charge in [-0.05, 0) is 25.0 Å². The normalized spacial score (nSPS) is 14.1. The Balaban J connectivity index is 2.46. The minimum Gasteiger partial charge on any atom is -0.413 e. The van der Waals surface area contributed by atoms with Gasteiger partial charge in [0.15, 0.2) is 0 Å². The Morgan fingerprint density at radius 1 is 1.32 bits per heavy atom. The topological polar surface area (TPSA) is 18.5 Å². The highest BCUT2D eigenvalue weighted by atomic mass is 28.2. The Bertz CT molecular complexity index is 379. The molecule has 0 amide bonds. The summed E-state index contributed by atoms with van der Waals surface area (Å²) < 4.78 is 11.5. The summed E-state index contributed by atoms with van der Waals surface area (Å²) in [7, 11) is 0.478. The van der Waals surface area contributed by atoms with Gasteiger partial charge in [0.05, 0.1) is 12.7 Å². The second-order valence-electron chi connectivity index (χ2n) is 4.48. The van der Waals surface area contributed by atoms with E-state index in [-0.39, 0.29) is 6.10 Å². The minimum atomic E-state index is 0.267. The monoisotopic (exact) mass is 276 g/mol. The Morgan fingerprint density at radius 3 is 2.68 bits per heavy atom. The molecule has 0 bridgehead atoms.